The molecule has 0 aliphatic carbocycles. The number of hydrogen-bond acceptors (Lipinski definition) is 6. The van der Waals surface area contributed by atoms with Crippen LogP contribution in [0.4, 0.5) is 0 Å². The van der Waals surface area contributed by atoms with Crippen molar-refractivity contribution in [2.45, 2.75) is 0 Å². The van der Waals surface area contributed by atoms with Gasteiger partial charge in [-0.3, -0.25) is 9.13 Å². The Labute approximate surface area is 407 Å². The number of benzene rings is 6. The monoisotopic (exact) mass is 1210 g/mol. The summed E-state index contributed by atoms with van der Waals surface area (Å²) in [6.07, 6.45) is 17.0. The molecule has 0 bridgehead atoms. The minimum absolute atomic E-state index is 0. The van der Waals surface area contributed by atoms with Crippen LogP contribution in [0, 0.1) is 36.9 Å². The van der Waals surface area contributed by atoms with Gasteiger partial charge in [0.25, 0.3) is 12.7 Å². The van der Waals surface area contributed by atoms with Gasteiger partial charge in [0, 0.05) is 65.1 Å². The largest absolute Gasteiger partial charge is 0.509 e. The van der Waals surface area contributed by atoms with E-state index in [1.807, 2.05) is 78.9 Å². The minimum atomic E-state index is 0. The van der Waals surface area contributed by atoms with Crippen LogP contribution in [0.25, 0.3) is 77.7 Å². The molecule has 0 N–H and O–H groups in total. The summed E-state index contributed by atoms with van der Waals surface area (Å²) in [4.78, 5) is 18.0. The molecule has 0 saturated carbocycles. The van der Waals surface area contributed by atoms with E-state index in [1.54, 1.807) is 49.3 Å². The average molecular weight is 1210 g/mol. The van der Waals surface area contributed by atoms with Crippen molar-refractivity contribution in [3.8, 4) is 57.1 Å². The average Bonchev–Trinajstić information content (AvgIpc) is 3.94. The summed E-state index contributed by atoms with van der Waals surface area (Å²) in [5.41, 5.74) is 7.97. The van der Waals surface area contributed by atoms with Crippen molar-refractivity contribution in [2.24, 2.45) is 0 Å². The van der Waals surface area contributed by atoms with Gasteiger partial charge in [0.15, 0.2) is 0 Å². The number of pyridine rings is 4. The predicted molar refractivity (Wildman–Crippen MR) is 241 cm³/mol. The molecule has 12 heteroatoms. The number of rotatable bonds is 9. The van der Waals surface area contributed by atoms with Crippen LogP contribution in [-0.2, 0) is 42.1 Å². The minimum Gasteiger partial charge on any atom is -0.509 e. The first kappa shape index (κ1) is 42.3. The van der Waals surface area contributed by atoms with Crippen LogP contribution in [0.5, 0.6) is 23.0 Å². The topological polar surface area (TPSA) is 87.6 Å². The third-order valence-corrected chi connectivity index (χ3v) is 10.9. The quantitative estimate of drug-likeness (QED) is 0.106. The van der Waals surface area contributed by atoms with Crippen LogP contribution in [-0.4, -0.2) is 29.1 Å². The van der Waals surface area contributed by atoms with Gasteiger partial charge in [0.05, 0.1) is 33.4 Å². The number of nitrogens with zero attached hydrogens (tertiary/aromatic N) is 8. The number of ether oxygens (including phenoxy) is 2. The van der Waals surface area contributed by atoms with Crippen LogP contribution in [0.3, 0.4) is 0 Å². The van der Waals surface area contributed by atoms with Gasteiger partial charge >= 0.3 is 0 Å². The molecule has 12 aromatic rings. The molecule has 0 unspecified atom stereocenters. The Morgan fingerprint density at radius 1 is 0.409 bits per heavy atom. The van der Waals surface area contributed by atoms with Gasteiger partial charge in [-0.15, -0.1) is 35.7 Å². The summed E-state index contributed by atoms with van der Waals surface area (Å²) in [5, 5.41) is 4.65. The second kappa shape index (κ2) is 18.1. The Bertz CT molecular complexity index is 3500. The zero-order valence-corrected chi connectivity index (χ0v) is 38.9. The van der Waals surface area contributed by atoms with Crippen molar-refractivity contribution in [1.29, 1.82) is 0 Å². The number of hydrogen-bond donors (Lipinski definition) is 0. The molecule has 66 heavy (non-hydrogen) atoms. The Morgan fingerprint density at radius 3 is 1.30 bits per heavy atom. The summed E-state index contributed by atoms with van der Waals surface area (Å²) < 4.78 is 20.5. The first-order valence-corrected chi connectivity index (χ1v) is 20.4. The molecule has 10 nitrogen and oxygen atoms in total. The van der Waals surface area contributed by atoms with Crippen molar-refractivity contribution in [3.05, 3.63) is 220 Å². The molecule has 0 amide bonds. The summed E-state index contributed by atoms with van der Waals surface area (Å²) in [6.45, 7) is 0. The molecular formula is C54H30N8O2Pt2-4. The standard InChI is InChI=1S/C54H30N8O2.2Pt/c1-3-11-39-25-41(19-17-37(39)9-1)59-35-61(53-15-7-5-13-51(53)59)43-27-47(33-55-31-43)63-45-21-23-57-49(29-45)50-30-46(22-24-58-50)64-48-28-44(32-56-34-48)62-36-60(52-14-6-8-16-54(52)62)42-20-18-38-10-2-4-12-40(38)26-42;;/h1-26,31-34H;;/q-4;;. The fourth-order valence-electron chi connectivity index (χ4n) is 7.89. The predicted octanol–water partition coefficient (Wildman–Crippen LogP) is 10.1. The molecule has 0 atom stereocenters. The Hall–Kier alpha value is -7.64. The SMILES string of the molecule is [Pt].[Pt].[c-]1c(Oc2[c-]c(-c3[c-]c(Oc4[c-]c(-[n+]5[c-]n(-c6ccc7ccccc7c6)c6ccccc65)cnc4)ccn3)ncc2)cncc1-[n+]1[c-]n(-c2ccc3ccccc3c2)c2ccccc21. The van der Waals surface area contributed by atoms with Gasteiger partial charge in [0.1, 0.15) is 0 Å². The normalized spacial score (nSPS) is 11.1. The van der Waals surface area contributed by atoms with Crippen LogP contribution in [0.1, 0.15) is 0 Å². The van der Waals surface area contributed by atoms with Crippen molar-refractivity contribution in [2.75, 3.05) is 0 Å². The summed E-state index contributed by atoms with van der Waals surface area (Å²) in [5.74, 6) is 1.58. The fraction of sp³-hybridized carbons (Fsp3) is 0. The van der Waals surface area contributed by atoms with Crippen LogP contribution in [0.15, 0.2) is 183 Å². The third kappa shape index (κ3) is 8.06. The maximum Gasteiger partial charge on any atom is 0.268 e. The van der Waals surface area contributed by atoms with Crippen molar-refractivity contribution < 1.29 is 60.7 Å². The third-order valence-electron chi connectivity index (χ3n) is 10.9. The van der Waals surface area contributed by atoms with Gasteiger partial charge in [-0.2, -0.15) is 12.1 Å². The maximum atomic E-state index is 6.27. The van der Waals surface area contributed by atoms with E-state index in [4.69, 9.17) is 9.47 Å². The molecule has 0 saturated heterocycles. The Kier molecular flexibility index (Phi) is 11.6. The van der Waals surface area contributed by atoms with Crippen LogP contribution < -0.4 is 18.6 Å². The zero-order valence-electron chi connectivity index (χ0n) is 34.3. The van der Waals surface area contributed by atoms with Gasteiger partial charge in [-0.05, 0) is 82.0 Å². The van der Waals surface area contributed by atoms with E-state index in [2.05, 4.69) is 130 Å². The second-order valence-corrected chi connectivity index (χ2v) is 14.9. The number of aromatic nitrogens is 8. The van der Waals surface area contributed by atoms with E-state index < -0.39 is 0 Å². The summed E-state index contributed by atoms with van der Waals surface area (Å²) in [6, 6.07) is 62.3. The van der Waals surface area contributed by atoms with E-state index in [-0.39, 0.29) is 42.1 Å². The Morgan fingerprint density at radius 2 is 0.833 bits per heavy atom. The van der Waals surface area contributed by atoms with E-state index in [9.17, 15) is 0 Å². The molecular weight excluding hydrogens is 1180 g/mol. The number of para-hydroxylation sites is 4. The molecule has 6 aromatic carbocycles. The Balaban J connectivity index is 0.00000256. The smallest absolute Gasteiger partial charge is 0.268 e. The molecule has 0 spiro atoms. The van der Waals surface area contributed by atoms with Gasteiger partial charge < -0.3 is 38.5 Å². The van der Waals surface area contributed by atoms with Crippen molar-refractivity contribution in [3.63, 3.8) is 0 Å². The molecule has 322 valence electrons. The molecule has 6 heterocycles. The van der Waals surface area contributed by atoms with E-state index >= 15 is 0 Å². The molecule has 0 radical (unpaired) electrons. The first-order valence-electron chi connectivity index (χ1n) is 20.4. The van der Waals surface area contributed by atoms with E-state index in [0.29, 0.717) is 45.8 Å². The van der Waals surface area contributed by atoms with E-state index in [0.717, 1.165) is 44.2 Å². The van der Waals surface area contributed by atoms with Gasteiger partial charge in [-0.25, -0.2) is 0 Å². The number of imidazole rings is 2. The summed E-state index contributed by atoms with van der Waals surface area (Å²) in [7, 11) is 0. The van der Waals surface area contributed by atoms with Crippen LogP contribution >= 0.6 is 0 Å². The van der Waals surface area contributed by atoms with Crippen molar-refractivity contribution >= 4 is 43.6 Å². The molecule has 6 aromatic heterocycles. The number of fused-ring (bicyclic) bond motifs is 4. The first-order chi connectivity index (χ1) is 31.7. The van der Waals surface area contributed by atoms with Gasteiger partial charge in [0.2, 0.25) is 0 Å². The second-order valence-electron chi connectivity index (χ2n) is 14.9. The summed E-state index contributed by atoms with van der Waals surface area (Å²) >= 11 is 0. The van der Waals surface area contributed by atoms with E-state index in [1.165, 1.54) is 10.8 Å². The van der Waals surface area contributed by atoms with Crippen LogP contribution in [0.2, 0.25) is 0 Å². The molecule has 12 rings (SSSR count). The fourth-order valence-corrected chi connectivity index (χ4v) is 7.89. The zero-order chi connectivity index (χ0) is 42.4. The van der Waals surface area contributed by atoms with Gasteiger partial charge in [-0.1, -0.05) is 122 Å². The molecule has 0 aliphatic rings. The maximum absolute atomic E-state index is 6.27. The molecule has 0 fully saturated rings. The van der Waals surface area contributed by atoms with Crippen molar-refractivity contribution in [1.82, 2.24) is 29.1 Å². The molecule has 0 aliphatic heterocycles.